The average Bonchev–Trinajstić information content (AvgIpc) is 2.32. The Morgan fingerprint density at radius 3 is 2.56 bits per heavy atom. The van der Waals surface area contributed by atoms with Crippen LogP contribution in [0.1, 0.15) is 18.4 Å². The number of phenols is 1. The van der Waals surface area contributed by atoms with Gasteiger partial charge in [0, 0.05) is 6.26 Å². The number of sulfone groups is 1. The van der Waals surface area contributed by atoms with E-state index in [4.69, 9.17) is 0 Å². The van der Waals surface area contributed by atoms with Crippen LogP contribution in [0.15, 0.2) is 23.1 Å². The lowest BCUT2D eigenvalue weighted by atomic mass is 9.91. The van der Waals surface area contributed by atoms with Crippen LogP contribution in [0.5, 0.6) is 5.75 Å². The van der Waals surface area contributed by atoms with E-state index < -0.39 is 9.84 Å². The Kier molecular flexibility index (Phi) is 3.92. The van der Waals surface area contributed by atoms with E-state index in [-0.39, 0.29) is 10.6 Å². The molecule has 0 amide bonds. The molecule has 18 heavy (non-hydrogen) atoms. The smallest absolute Gasteiger partial charge is 0.175 e. The summed E-state index contributed by atoms with van der Waals surface area (Å²) < 4.78 is 22.7. The maximum absolute atomic E-state index is 11.4. The number of nitrogens with one attached hydrogen (secondary N) is 1. The summed E-state index contributed by atoms with van der Waals surface area (Å²) in [6.07, 6.45) is 4.17. The topological polar surface area (TPSA) is 66.4 Å². The molecule has 1 heterocycles. The summed E-state index contributed by atoms with van der Waals surface area (Å²) in [7, 11) is -3.25. The van der Waals surface area contributed by atoms with Crippen LogP contribution < -0.4 is 5.32 Å². The van der Waals surface area contributed by atoms with E-state index in [0.29, 0.717) is 5.92 Å². The Labute approximate surface area is 108 Å². The Morgan fingerprint density at radius 2 is 2.00 bits per heavy atom. The molecule has 0 aliphatic carbocycles. The molecule has 0 radical (unpaired) electrons. The second kappa shape index (κ2) is 5.28. The Hall–Kier alpha value is -1.07. The first kappa shape index (κ1) is 13.4. The van der Waals surface area contributed by atoms with Crippen molar-refractivity contribution in [3.63, 3.8) is 0 Å². The Balaban J connectivity index is 2.14. The lowest BCUT2D eigenvalue weighted by Crippen LogP contribution is -2.28. The minimum atomic E-state index is -3.25. The van der Waals surface area contributed by atoms with E-state index in [1.54, 1.807) is 12.1 Å². The van der Waals surface area contributed by atoms with Crippen molar-refractivity contribution in [2.45, 2.75) is 24.2 Å². The second-order valence-corrected chi connectivity index (χ2v) is 6.98. The van der Waals surface area contributed by atoms with E-state index in [9.17, 15) is 13.5 Å². The van der Waals surface area contributed by atoms with Crippen molar-refractivity contribution >= 4 is 9.84 Å². The lowest BCUT2D eigenvalue weighted by molar-refractivity contribution is 0.366. The maximum Gasteiger partial charge on any atom is 0.175 e. The third-order valence-electron chi connectivity index (χ3n) is 3.45. The molecule has 0 aromatic heterocycles. The van der Waals surface area contributed by atoms with Crippen LogP contribution in [0, 0.1) is 5.92 Å². The summed E-state index contributed by atoms with van der Waals surface area (Å²) in [5.41, 5.74) is 0.842. The van der Waals surface area contributed by atoms with Gasteiger partial charge in [-0.05, 0) is 56.0 Å². The molecule has 0 saturated carbocycles. The monoisotopic (exact) mass is 269 g/mol. The highest BCUT2D eigenvalue weighted by Crippen LogP contribution is 2.26. The summed E-state index contributed by atoms with van der Waals surface area (Å²) in [6, 6.07) is 4.66. The number of hydrogen-bond acceptors (Lipinski definition) is 4. The van der Waals surface area contributed by atoms with Gasteiger partial charge in [0.15, 0.2) is 9.84 Å². The van der Waals surface area contributed by atoms with Crippen LogP contribution in [-0.4, -0.2) is 32.9 Å². The molecular formula is C13H19NO3S. The lowest BCUT2D eigenvalue weighted by Gasteiger charge is -2.22. The highest BCUT2D eigenvalue weighted by atomic mass is 32.2. The number of phenolic OH excluding ortho intramolecular Hbond substituents is 1. The minimum absolute atomic E-state index is 0.0939. The fraction of sp³-hybridized carbons (Fsp3) is 0.538. The second-order valence-electron chi connectivity index (χ2n) is 4.96. The maximum atomic E-state index is 11.4. The van der Waals surface area contributed by atoms with Crippen molar-refractivity contribution in [1.29, 1.82) is 0 Å². The molecule has 2 rings (SSSR count). The fourth-order valence-electron chi connectivity index (χ4n) is 2.34. The minimum Gasteiger partial charge on any atom is -0.508 e. The number of hydrogen-bond donors (Lipinski definition) is 2. The molecule has 100 valence electrons. The van der Waals surface area contributed by atoms with Crippen LogP contribution in [-0.2, 0) is 16.3 Å². The van der Waals surface area contributed by atoms with Gasteiger partial charge in [0.05, 0.1) is 4.90 Å². The number of benzene rings is 1. The highest BCUT2D eigenvalue weighted by molar-refractivity contribution is 7.90. The van der Waals surface area contributed by atoms with Crippen LogP contribution >= 0.6 is 0 Å². The molecule has 1 aliphatic heterocycles. The van der Waals surface area contributed by atoms with Gasteiger partial charge in [-0.2, -0.15) is 0 Å². The van der Waals surface area contributed by atoms with Crippen molar-refractivity contribution in [3.8, 4) is 5.75 Å². The molecule has 0 bridgehead atoms. The highest BCUT2D eigenvalue weighted by Gasteiger charge is 2.16. The predicted octanol–water partition coefficient (Wildman–Crippen LogP) is 1.34. The van der Waals surface area contributed by atoms with E-state index in [2.05, 4.69) is 5.32 Å². The number of aromatic hydroxyl groups is 1. The van der Waals surface area contributed by atoms with Crippen molar-refractivity contribution in [2.75, 3.05) is 19.3 Å². The number of rotatable bonds is 3. The summed E-state index contributed by atoms with van der Waals surface area (Å²) in [5, 5.41) is 13.2. The number of piperidine rings is 1. The zero-order valence-electron chi connectivity index (χ0n) is 10.5. The van der Waals surface area contributed by atoms with Crippen molar-refractivity contribution < 1.29 is 13.5 Å². The van der Waals surface area contributed by atoms with Gasteiger partial charge in [-0.25, -0.2) is 8.42 Å². The molecule has 1 aliphatic rings. The molecule has 1 aromatic carbocycles. The van der Waals surface area contributed by atoms with Gasteiger partial charge in [0.1, 0.15) is 5.75 Å². The van der Waals surface area contributed by atoms with Crippen molar-refractivity contribution in [3.05, 3.63) is 23.8 Å². The fourth-order valence-corrected chi connectivity index (χ4v) is 2.98. The molecule has 1 saturated heterocycles. The molecule has 1 fully saturated rings. The van der Waals surface area contributed by atoms with Crippen LogP contribution in [0.25, 0.3) is 0 Å². The zero-order chi connectivity index (χ0) is 13.2. The quantitative estimate of drug-likeness (QED) is 0.869. The van der Waals surface area contributed by atoms with Crippen LogP contribution in [0.3, 0.4) is 0 Å². The molecule has 0 atom stereocenters. The van der Waals surface area contributed by atoms with Gasteiger partial charge in [0.2, 0.25) is 0 Å². The summed E-state index contributed by atoms with van der Waals surface area (Å²) in [5.74, 6) is 0.665. The first-order valence-corrected chi connectivity index (χ1v) is 8.08. The molecule has 4 nitrogen and oxygen atoms in total. The van der Waals surface area contributed by atoms with Crippen molar-refractivity contribution in [2.24, 2.45) is 5.92 Å². The third-order valence-corrected chi connectivity index (χ3v) is 4.56. The Morgan fingerprint density at radius 1 is 1.33 bits per heavy atom. The van der Waals surface area contributed by atoms with Gasteiger partial charge in [-0.15, -0.1) is 0 Å². The predicted molar refractivity (Wildman–Crippen MR) is 70.5 cm³/mol. The SMILES string of the molecule is CS(=O)(=O)c1ccc(CC2CCNCC2)c(O)c1. The zero-order valence-corrected chi connectivity index (χ0v) is 11.3. The average molecular weight is 269 g/mol. The van der Waals surface area contributed by atoms with Gasteiger partial charge in [-0.3, -0.25) is 0 Å². The van der Waals surface area contributed by atoms with E-state index >= 15 is 0 Å². The summed E-state index contributed by atoms with van der Waals surface area (Å²) in [4.78, 5) is 0.175. The molecule has 0 unspecified atom stereocenters. The third kappa shape index (κ3) is 3.23. The van der Waals surface area contributed by atoms with Crippen LogP contribution in [0.2, 0.25) is 0 Å². The van der Waals surface area contributed by atoms with E-state index in [0.717, 1.165) is 44.2 Å². The van der Waals surface area contributed by atoms with Crippen molar-refractivity contribution in [1.82, 2.24) is 5.32 Å². The molecule has 5 heteroatoms. The standard InChI is InChI=1S/C13H19NO3S/c1-18(16,17)12-3-2-11(13(15)9-12)8-10-4-6-14-7-5-10/h2-3,9-10,14-15H,4-8H2,1H3. The molecule has 0 spiro atoms. The van der Waals surface area contributed by atoms with Gasteiger partial charge < -0.3 is 10.4 Å². The molecule has 2 N–H and O–H groups in total. The van der Waals surface area contributed by atoms with Gasteiger partial charge in [0.25, 0.3) is 0 Å². The molecule has 1 aromatic rings. The van der Waals surface area contributed by atoms with E-state index in [1.165, 1.54) is 6.07 Å². The first-order chi connectivity index (χ1) is 8.47. The summed E-state index contributed by atoms with van der Waals surface area (Å²) >= 11 is 0. The summed E-state index contributed by atoms with van der Waals surface area (Å²) in [6.45, 7) is 2.04. The first-order valence-electron chi connectivity index (χ1n) is 6.19. The van der Waals surface area contributed by atoms with Gasteiger partial charge in [-0.1, -0.05) is 6.07 Å². The Bertz CT molecular complexity index is 519. The van der Waals surface area contributed by atoms with Crippen LogP contribution in [0.4, 0.5) is 0 Å². The molecular weight excluding hydrogens is 250 g/mol. The largest absolute Gasteiger partial charge is 0.508 e. The van der Waals surface area contributed by atoms with E-state index in [1.807, 2.05) is 0 Å². The normalized spacial score (nSPS) is 17.8. The van der Waals surface area contributed by atoms with Gasteiger partial charge >= 0.3 is 0 Å².